The molecule has 1 aromatic carbocycles. The van der Waals surface area contributed by atoms with E-state index in [1.165, 1.54) is 23.8 Å². The Morgan fingerprint density at radius 2 is 1.96 bits per heavy atom. The van der Waals surface area contributed by atoms with Crippen LogP contribution in [0.1, 0.15) is 48.2 Å². The number of nitrogens with one attached hydrogen (secondary N) is 1. The van der Waals surface area contributed by atoms with Crippen LogP contribution in [0.5, 0.6) is 0 Å². The zero-order valence-electron chi connectivity index (χ0n) is 14.4. The number of carbonyl (C=O) groups excluding carboxylic acids is 1. The van der Waals surface area contributed by atoms with Crippen LogP contribution in [0.15, 0.2) is 36.7 Å². The van der Waals surface area contributed by atoms with E-state index in [1.54, 1.807) is 22.9 Å². The summed E-state index contributed by atoms with van der Waals surface area (Å²) in [6.45, 7) is 0. The summed E-state index contributed by atoms with van der Waals surface area (Å²) in [7, 11) is 0. The lowest BCUT2D eigenvalue weighted by molar-refractivity contribution is -0.137. The highest BCUT2D eigenvalue weighted by Gasteiger charge is 2.30. The third kappa shape index (κ3) is 3.85. The average molecular weight is 393 g/mol. The second-order valence-electron chi connectivity index (χ2n) is 6.80. The van der Waals surface area contributed by atoms with Crippen LogP contribution in [0.2, 0.25) is 0 Å². The van der Waals surface area contributed by atoms with Crippen molar-refractivity contribution in [3.63, 3.8) is 0 Å². The molecule has 0 bridgehead atoms. The summed E-state index contributed by atoms with van der Waals surface area (Å²) in [5, 5.41) is 3.02. The molecule has 0 aliphatic heterocycles. The van der Waals surface area contributed by atoms with E-state index in [1.807, 2.05) is 0 Å². The van der Waals surface area contributed by atoms with Gasteiger partial charge < -0.3 is 5.32 Å². The third-order valence-electron chi connectivity index (χ3n) is 4.80. The fraction of sp³-hybridized carbons (Fsp3) is 0.368. The minimum atomic E-state index is -4.38. The van der Waals surface area contributed by atoms with Crippen LogP contribution < -0.4 is 5.32 Å². The molecule has 27 heavy (non-hydrogen) atoms. The number of carbonyl (C=O) groups is 1. The molecule has 4 rings (SSSR count). The van der Waals surface area contributed by atoms with Gasteiger partial charge in [0.25, 0.3) is 5.91 Å². The van der Waals surface area contributed by atoms with Gasteiger partial charge in [-0.3, -0.25) is 9.20 Å². The van der Waals surface area contributed by atoms with Crippen molar-refractivity contribution in [3.05, 3.63) is 47.9 Å². The maximum Gasteiger partial charge on any atom is 0.416 e. The van der Waals surface area contributed by atoms with Crippen molar-refractivity contribution in [3.8, 4) is 10.4 Å². The summed E-state index contributed by atoms with van der Waals surface area (Å²) in [6, 6.07) is 5.41. The fourth-order valence-corrected chi connectivity index (χ4v) is 4.36. The minimum absolute atomic E-state index is 0.196. The second kappa shape index (κ2) is 6.99. The van der Waals surface area contributed by atoms with Gasteiger partial charge in [0.2, 0.25) is 0 Å². The van der Waals surface area contributed by atoms with Gasteiger partial charge in [0, 0.05) is 18.4 Å². The van der Waals surface area contributed by atoms with Gasteiger partial charge in [-0.15, -0.1) is 0 Å². The molecule has 0 radical (unpaired) electrons. The molecule has 0 spiro atoms. The average Bonchev–Trinajstić information content (AvgIpc) is 3.21. The Hall–Kier alpha value is -2.35. The summed E-state index contributed by atoms with van der Waals surface area (Å²) in [5.74, 6) is -0.196. The Balaban J connectivity index is 1.54. The summed E-state index contributed by atoms with van der Waals surface area (Å²) >= 11 is 1.26. The summed E-state index contributed by atoms with van der Waals surface area (Å²) in [4.78, 5) is 18.0. The van der Waals surface area contributed by atoms with E-state index in [4.69, 9.17) is 0 Å². The van der Waals surface area contributed by atoms with Crippen LogP contribution >= 0.6 is 11.3 Å². The van der Waals surface area contributed by atoms with E-state index >= 15 is 0 Å². The van der Waals surface area contributed by atoms with E-state index < -0.39 is 11.7 Å². The van der Waals surface area contributed by atoms with E-state index in [0.29, 0.717) is 21.1 Å². The quantitative estimate of drug-likeness (QED) is 0.669. The van der Waals surface area contributed by atoms with E-state index in [9.17, 15) is 18.0 Å². The van der Waals surface area contributed by atoms with Crippen LogP contribution in [0.25, 0.3) is 15.4 Å². The number of amides is 1. The van der Waals surface area contributed by atoms with Crippen LogP contribution in [-0.2, 0) is 6.18 Å². The molecule has 3 aromatic rings. The number of halogens is 3. The van der Waals surface area contributed by atoms with Crippen LogP contribution in [-0.4, -0.2) is 21.3 Å². The van der Waals surface area contributed by atoms with Gasteiger partial charge in [-0.05, 0) is 30.5 Å². The van der Waals surface area contributed by atoms with E-state index in [-0.39, 0.29) is 11.9 Å². The molecule has 1 aliphatic carbocycles. The molecular weight excluding hydrogens is 375 g/mol. The lowest BCUT2D eigenvalue weighted by Gasteiger charge is -2.22. The smallest absolute Gasteiger partial charge is 0.348 e. The first-order valence-corrected chi connectivity index (χ1v) is 9.69. The van der Waals surface area contributed by atoms with Crippen LogP contribution in [0.4, 0.5) is 13.2 Å². The van der Waals surface area contributed by atoms with Gasteiger partial charge in [0.15, 0.2) is 4.96 Å². The van der Waals surface area contributed by atoms with Gasteiger partial charge in [-0.1, -0.05) is 42.7 Å². The normalized spacial score (nSPS) is 16.0. The van der Waals surface area contributed by atoms with Crippen molar-refractivity contribution in [2.24, 2.45) is 0 Å². The maximum atomic E-state index is 12.9. The number of benzene rings is 1. The molecule has 2 aromatic heterocycles. The summed E-state index contributed by atoms with van der Waals surface area (Å²) in [5.41, 5.74) is 0.134. The zero-order valence-corrected chi connectivity index (χ0v) is 15.2. The molecule has 1 saturated carbocycles. The van der Waals surface area contributed by atoms with Crippen molar-refractivity contribution in [1.29, 1.82) is 0 Å². The standard InChI is InChI=1S/C19H18F3N3OS/c20-19(21,22)13-6-4-5-12(9-13)16-11-25-10-15(24-18(25)27-16)17(26)23-14-7-2-1-3-8-14/h4-6,9-11,14H,1-3,7-8H2,(H,23,26). The molecule has 0 saturated heterocycles. The van der Waals surface area contributed by atoms with Gasteiger partial charge in [0.05, 0.1) is 10.4 Å². The molecule has 8 heteroatoms. The summed E-state index contributed by atoms with van der Waals surface area (Å²) in [6.07, 6.45) is 4.41. The number of nitrogens with zero attached hydrogens (tertiary/aromatic N) is 2. The second-order valence-corrected chi connectivity index (χ2v) is 7.81. The number of hydrogen-bond donors (Lipinski definition) is 1. The van der Waals surface area contributed by atoms with Gasteiger partial charge in [0.1, 0.15) is 5.69 Å². The third-order valence-corrected chi connectivity index (χ3v) is 5.85. The Morgan fingerprint density at radius 3 is 2.67 bits per heavy atom. The minimum Gasteiger partial charge on any atom is -0.348 e. The van der Waals surface area contributed by atoms with Crippen molar-refractivity contribution in [2.75, 3.05) is 0 Å². The van der Waals surface area contributed by atoms with Crippen molar-refractivity contribution < 1.29 is 18.0 Å². The van der Waals surface area contributed by atoms with E-state index in [2.05, 4.69) is 10.3 Å². The van der Waals surface area contributed by atoms with Crippen LogP contribution in [0, 0.1) is 0 Å². The molecule has 1 fully saturated rings. The molecular formula is C19H18F3N3OS. The SMILES string of the molecule is O=C(NC1CCCCC1)c1cn2cc(-c3cccc(C(F)(F)F)c3)sc2n1. The molecule has 2 heterocycles. The van der Waals surface area contributed by atoms with Gasteiger partial charge in [-0.25, -0.2) is 4.98 Å². The zero-order chi connectivity index (χ0) is 19.0. The van der Waals surface area contributed by atoms with Gasteiger partial charge >= 0.3 is 6.18 Å². The lowest BCUT2D eigenvalue weighted by atomic mass is 9.95. The molecule has 4 nitrogen and oxygen atoms in total. The van der Waals surface area contributed by atoms with Crippen molar-refractivity contribution in [1.82, 2.24) is 14.7 Å². The Kier molecular flexibility index (Phi) is 4.67. The lowest BCUT2D eigenvalue weighted by Crippen LogP contribution is -2.36. The molecule has 1 amide bonds. The highest BCUT2D eigenvalue weighted by Crippen LogP contribution is 2.34. The molecule has 0 atom stereocenters. The first kappa shape index (κ1) is 18.0. The van der Waals surface area contributed by atoms with E-state index in [0.717, 1.165) is 37.8 Å². The number of aromatic nitrogens is 2. The number of fused-ring (bicyclic) bond motifs is 1. The number of hydrogen-bond acceptors (Lipinski definition) is 3. The first-order valence-electron chi connectivity index (χ1n) is 8.87. The highest BCUT2D eigenvalue weighted by molar-refractivity contribution is 7.20. The molecule has 1 aliphatic rings. The van der Waals surface area contributed by atoms with Gasteiger partial charge in [-0.2, -0.15) is 13.2 Å². The first-order chi connectivity index (χ1) is 12.9. The number of rotatable bonds is 3. The summed E-state index contributed by atoms with van der Waals surface area (Å²) < 4.78 is 40.4. The fourth-order valence-electron chi connectivity index (χ4n) is 3.39. The number of thiazole rings is 1. The topological polar surface area (TPSA) is 46.4 Å². The van der Waals surface area contributed by atoms with Crippen LogP contribution in [0.3, 0.4) is 0 Å². The van der Waals surface area contributed by atoms with Crippen molar-refractivity contribution in [2.45, 2.75) is 44.3 Å². The number of imidazole rings is 1. The molecule has 0 unspecified atom stereocenters. The largest absolute Gasteiger partial charge is 0.416 e. The number of alkyl halides is 3. The maximum absolute atomic E-state index is 12.9. The molecule has 142 valence electrons. The Morgan fingerprint density at radius 1 is 1.19 bits per heavy atom. The Labute approximate surface area is 158 Å². The molecule has 1 N–H and O–H groups in total. The highest BCUT2D eigenvalue weighted by atomic mass is 32.1. The predicted octanol–water partition coefficient (Wildman–Crippen LogP) is 5.14. The monoisotopic (exact) mass is 393 g/mol. The Bertz CT molecular complexity index is 939. The van der Waals surface area contributed by atoms with Crippen molar-refractivity contribution >= 4 is 22.2 Å². The predicted molar refractivity (Wildman–Crippen MR) is 97.8 cm³/mol.